The van der Waals surface area contributed by atoms with Crippen molar-refractivity contribution in [3.05, 3.63) is 35.9 Å². The molecular weight excluding hydrogens is 182 g/mol. The van der Waals surface area contributed by atoms with Crippen LogP contribution in [0.15, 0.2) is 30.3 Å². The molecule has 1 heteroatoms. The Balaban J connectivity index is 2.34. The topological polar surface area (TPSA) is 12.0 Å². The molecule has 1 N–H and O–H groups in total. The molecule has 1 aliphatic carbocycles. The zero-order valence-electron chi connectivity index (χ0n) is 9.16. The molecule has 0 saturated heterocycles. The Hall–Kier alpha value is -1.26. The average molecular weight is 199 g/mol. The summed E-state index contributed by atoms with van der Waals surface area (Å²) in [7, 11) is 1.95. The SMILES string of the molecule is C#CC(NC)C1(c2ccccc2)CCC1. The van der Waals surface area contributed by atoms with E-state index < -0.39 is 0 Å². The predicted octanol–water partition coefficient (Wildman–Crippen LogP) is 2.33. The molecule has 1 aromatic rings. The number of hydrogen-bond acceptors (Lipinski definition) is 1. The highest BCUT2D eigenvalue weighted by Crippen LogP contribution is 2.46. The molecule has 1 fully saturated rings. The van der Waals surface area contributed by atoms with Crippen LogP contribution in [0.5, 0.6) is 0 Å². The lowest BCUT2D eigenvalue weighted by molar-refractivity contribution is 0.206. The third-order valence-corrected chi connectivity index (χ3v) is 3.60. The number of likely N-dealkylation sites (N-methyl/N-ethyl adjacent to an activating group) is 1. The fourth-order valence-corrected chi connectivity index (χ4v) is 2.59. The molecule has 0 spiro atoms. The van der Waals surface area contributed by atoms with E-state index in [1.165, 1.54) is 24.8 Å². The van der Waals surface area contributed by atoms with Crippen molar-refractivity contribution in [1.82, 2.24) is 5.32 Å². The van der Waals surface area contributed by atoms with Crippen LogP contribution in [-0.2, 0) is 5.41 Å². The van der Waals surface area contributed by atoms with E-state index in [-0.39, 0.29) is 11.5 Å². The maximum absolute atomic E-state index is 5.60. The van der Waals surface area contributed by atoms with Crippen molar-refractivity contribution >= 4 is 0 Å². The molecule has 1 aromatic carbocycles. The van der Waals surface area contributed by atoms with Crippen LogP contribution < -0.4 is 5.32 Å². The van der Waals surface area contributed by atoms with Crippen molar-refractivity contribution in [2.24, 2.45) is 0 Å². The first kappa shape index (κ1) is 10.3. The van der Waals surface area contributed by atoms with Crippen molar-refractivity contribution in [3.63, 3.8) is 0 Å². The van der Waals surface area contributed by atoms with Crippen LogP contribution in [0.2, 0.25) is 0 Å². The van der Waals surface area contributed by atoms with Crippen LogP contribution in [0.4, 0.5) is 0 Å². The summed E-state index contributed by atoms with van der Waals surface area (Å²) in [6.07, 6.45) is 9.29. The van der Waals surface area contributed by atoms with Gasteiger partial charge in [-0.25, -0.2) is 0 Å². The van der Waals surface area contributed by atoms with Gasteiger partial charge in [0.15, 0.2) is 0 Å². The minimum atomic E-state index is 0.161. The van der Waals surface area contributed by atoms with E-state index in [1.807, 2.05) is 7.05 Å². The second-order valence-electron chi connectivity index (χ2n) is 4.26. The molecule has 0 aromatic heterocycles. The lowest BCUT2D eigenvalue weighted by Gasteiger charge is -2.46. The van der Waals surface area contributed by atoms with Gasteiger partial charge in [-0.05, 0) is 25.5 Å². The monoisotopic (exact) mass is 199 g/mol. The molecule has 0 bridgehead atoms. The minimum absolute atomic E-state index is 0.161. The molecule has 1 aliphatic rings. The zero-order chi connectivity index (χ0) is 10.7. The van der Waals surface area contributed by atoms with Crippen LogP contribution >= 0.6 is 0 Å². The van der Waals surface area contributed by atoms with Gasteiger partial charge in [0, 0.05) is 5.41 Å². The summed E-state index contributed by atoms with van der Waals surface area (Å²) in [5.41, 5.74) is 1.57. The number of terminal acetylenes is 1. The lowest BCUT2D eigenvalue weighted by Crippen LogP contribution is -2.50. The molecule has 0 aliphatic heterocycles. The molecule has 1 atom stereocenters. The Morgan fingerprint density at radius 3 is 2.40 bits per heavy atom. The number of benzene rings is 1. The van der Waals surface area contributed by atoms with Gasteiger partial charge in [0.2, 0.25) is 0 Å². The van der Waals surface area contributed by atoms with Crippen molar-refractivity contribution in [2.45, 2.75) is 30.7 Å². The standard InChI is InChI=1S/C14H17N/c1-3-13(15-2)14(10-7-11-14)12-8-5-4-6-9-12/h1,4-6,8-9,13,15H,7,10-11H2,2H3. The van der Waals surface area contributed by atoms with Crippen molar-refractivity contribution < 1.29 is 0 Å². The highest BCUT2D eigenvalue weighted by Gasteiger charge is 2.44. The van der Waals surface area contributed by atoms with Gasteiger partial charge in [0.25, 0.3) is 0 Å². The Kier molecular flexibility index (Phi) is 2.79. The van der Waals surface area contributed by atoms with E-state index in [9.17, 15) is 0 Å². The van der Waals surface area contributed by atoms with Crippen molar-refractivity contribution in [3.8, 4) is 12.3 Å². The number of nitrogens with one attached hydrogen (secondary N) is 1. The molecule has 0 heterocycles. The highest BCUT2D eigenvalue weighted by molar-refractivity contribution is 5.34. The first-order valence-corrected chi connectivity index (χ1v) is 5.52. The van der Waals surface area contributed by atoms with Crippen LogP contribution in [0.1, 0.15) is 24.8 Å². The summed E-state index contributed by atoms with van der Waals surface area (Å²) in [6.45, 7) is 0. The predicted molar refractivity (Wildman–Crippen MR) is 63.7 cm³/mol. The number of hydrogen-bond donors (Lipinski definition) is 1. The quantitative estimate of drug-likeness (QED) is 0.737. The smallest absolute Gasteiger partial charge is 0.0782 e. The van der Waals surface area contributed by atoms with Gasteiger partial charge < -0.3 is 5.32 Å². The second-order valence-corrected chi connectivity index (χ2v) is 4.26. The minimum Gasteiger partial charge on any atom is -0.306 e. The Labute approximate surface area is 91.9 Å². The molecule has 15 heavy (non-hydrogen) atoms. The van der Waals surface area contributed by atoms with E-state index in [4.69, 9.17) is 6.42 Å². The number of rotatable bonds is 3. The third-order valence-electron chi connectivity index (χ3n) is 3.60. The zero-order valence-corrected chi connectivity index (χ0v) is 9.16. The highest BCUT2D eigenvalue weighted by atomic mass is 14.9. The van der Waals surface area contributed by atoms with Crippen LogP contribution in [0.25, 0.3) is 0 Å². The van der Waals surface area contributed by atoms with Gasteiger partial charge in [-0.2, -0.15) is 0 Å². The molecule has 1 saturated carbocycles. The molecule has 2 rings (SSSR count). The van der Waals surface area contributed by atoms with E-state index in [2.05, 4.69) is 41.6 Å². The first-order chi connectivity index (χ1) is 7.33. The summed E-state index contributed by atoms with van der Waals surface area (Å²) in [5, 5.41) is 3.26. The lowest BCUT2D eigenvalue weighted by atomic mass is 9.60. The first-order valence-electron chi connectivity index (χ1n) is 5.52. The van der Waals surface area contributed by atoms with Crippen LogP contribution in [-0.4, -0.2) is 13.1 Å². The summed E-state index contributed by atoms with van der Waals surface area (Å²) < 4.78 is 0. The average Bonchev–Trinajstić information content (AvgIpc) is 2.24. The summed E-state index contributed by atoms with van der Waals surface area (Å²) >= 11 is 0. The molecule has 1 nitrogen and oxygen atoms in total. The van der Waals surface area contributed by atoms with Crippen LogP contribution in [0.3, 0.4) is 0 Å². The van der Waals surface area contributed by atoms with Crippen LogP contribution in [0, 0.1) is 12.3 Å². The molecule has 78 valence electrons. The summed E-state index contributed by atoms with van der Waals surface area (Å²) in [6, 6.07) is 10.8. The molecule has 0 radical (unpaired) electrons. The van der Waals surface area contributed by atoms with Gasteiger partial charge in [-0.3, -0.25) is 0 Å². The normalized spacial score (nSPS) is 20.0. The summed E-state index contributed by atoms with van der Waals surface area (Å²) in [5.74, 6) is 2.88. The fourth-order valence-electron chi connectivity index (χ4n) is 2.59. The third kappa shape index (κ3) is 1.56. The van der Waals surface area contributed by atoms with Gasteiger partial charge in [0.1, 0.15) is 0 Å². The van der Waals surface area contributed by atoms with Gasteiger partial charge in [0.05, 0.1) is 6.04 Å². The van der Waals surface area contributed by atoms with E-state index >= 15 is 0 Å². The Bertz CT molecular complexity index is 357. The fraction of sp³-hybridized carbons (Fsp3) is 0.429. The maximum atomic E-state index is 5.60. The van der Waals surface area contributed by atoms with Gasteiger partial charge in [-0.15, -0.1) is 6.42 Å². The van der Waals surface area contributed by atoms with Crippen molar-refractivity contribution in [1.29, 1.82) is 0 Å². The van der Waals surface area contributed by atoms with Crippen molar-refractivity contribution in [2.75, 3.05) is 7.05 Å². The molecule has 1 unspecified atom stereocenters. The largest absolute Gasteiger partial charge is 0.306 e. The second kappa shape index (κ2) is 4.08. The summed E-state index contributed by atoms with van der Waals surface area (Å²) in [4.78, 5) is 0. The molecule has 0 amide bonds. The van der Waals surface area contributed by atoms with E-state index in [0.29, 0.717) is 0 Å². The Morgan fingerprint density at radius 1 is 1.33 bits per heavy atom. The van der Waals surface area contributed by atoms with E-state index in [1.54, 1.807) is 0 Å². The van der Waals surface area contributed by atoms with E-state index in [0.717, 1.165) is 0 Å². The maximum Gasteiger partial charge on any atom is 0.0782 e. The van der Waals surface area contributed by atoms with Gasteiger partial charge in [-0.1, -0.05) is 42.7 Å². The van der Waals surface area contributed by atoms with Gasteiger partial charge >= 0.3 is 0 Å². The molecular formula is C14H17N. The Morgan fingerprint density at radius 2 is 2.00 bits per heavy atom.